The Labute approximate surface area is 109 Å². The van der Waals surface area contributed by atoms with E-state index in [-0.39, 0.29) is 5.54 Å². The SMILES string of the molecule is COc1c(Cl)cc(CC(C)(C)N)cc1C(C)C. The third-order valence-electron chi connectivity index (χ3n) is 2.62. The van der Waals surface area contributed by atoms with Gasteiger partial charge in [-0.3, -0.25) is 0 Å². The molecule has 0 aromatic heterocycles. The Morgan fingerprint density at radius 3 is 2.35 bits per heavy atom. The molecule has 0 aliphatic heterocycles. The Morgan fingerprint density at radius 1 is 1.35 bits per heavy atom. The van der Waals surface area contributed by atoms with Gasteiger partial charge < -0.3 is 10.5 Å². The highest BCUT2D eigenvalue weighted by molar-refractivity contribution is 6.32. The molecule has 0 aliphatic carbocycles. The van der Waals surface area contributed by atoms with E-state index in [0.717, 1.165) is 23.3 Å². The standard InChI is InChI=1S/C14H22ClNO/c1-9(2)11-6-10(8-14(3,4)16)7-12(15)13(11)17-5/h6-7,9H,8,16H2,1-5H3. The summed E-state index contributed by atoms with van der Waals surface area (Å²) in [5.41, 5.74) is 8.11. The molecule has 0 radical (unpaired) electrons. The van der Waals surface area contributed by atoms with E-state index < -0.39 is 0 Å². The average Bonchev–Trinajstić information content (AvgIpc) is 2.13. The van der Waals surface area contributed by atoms with Gasteiger partial charge in [-0.15, -0.1) is 0 Å². The van der Waals surface area contributed by atoms with E-state index >= 15 is 0 Å². The zero-order chi connectivity index (χ0) is 13.2. The molecule has 0 bridgehead atoms. The minimum atomic E-state index is -0.230. The summed E-state index contributed by atoms with van der Waals surface area (Å²) in [6.45, 7) is 8.29. The van der Waals surface area contributed by atoms with E-state index in [1.54, 1.807) is 7.11 Å². The molecule has 0 saturated carbocycles. The Bertz CT molecular complexity index is 394. The van der Waals surface area contributed by atoms with Crippen LogP contribution in [0.1, 0.15) is 44.7 Å². The van der Waals surface area contributed by atoms with Crippen LogP contribution < -0.4 is 10.5 Å². The Balaban J connectivity index is 3.20. The van der Waals surface area contributed by atoms with E-state index in [1.807, 2.05) is 19.9 Å². The second-order valence-electron chi connectivity index (χ2n) is 5.52. The molecular formula is C14H22ClNO. The molecule has 0 amide bonds. The molecule has 0 atom stereocenters. The topological polar surface area (TPSA) is 35.2 Å². The predicted octanol–water partition coefficient (Wildman–Crippen LogP) is 3.75. The molecule has 0 heterocycles. The summed E-state index contributed by atoms with van der Waals surface area (Å²) in [6, 6.07) is 4.09. The number of nitrogens with two attached hydrogens (primary N) is 1. The maximum absolute atomic E-state index is 6.24. The highest BCUT2D eigenvalue weighted by Gasteiger charge is 2.17. The van der Waals surface area contributed by atoms with Crippen LogP contribution in [0.5, 0.6) is 5.75 Å². The van der Waals surface area contributed by atoms with Crippen LogP contribution >= 0.6 is 11.6 Å². The van der Waals surface area contributed by atoms with Crippen LogP contribution in [0.3, 0.4) is 0 Å². The van der Waals surface area contributed by atoms with E-state index in [2.05, 4.69) is 19.9 Å². The van der Waals surface area contributed by atoms with Gasteiger partial charge in [-0.1, -0.05) is 31.5 Å². The third-order valence-corrected chi connectivity index (χ3v) is 2.90. The fraction of sp³-hybridized carbons (Fsp3) is 0.571. The summed E-state index contributed by atoms with van der Waals surface area (Å²) in [7, 11) is 1.65. The van der Waals surface area contributed by atoms with E-state index in [1.165, 1.54) is 0 Å². The number of rotatable bonds is 4. The fourth-order valence-corrected chi connectivity index (χ4v) is 2.27. The average molecular weight is 256 g/mol. The second kappa shape index (κ2) is 5.28. The molecule has 1 rings (SSSR count). The number of halogens is 1. The summed E-state index contributed by atoms with van der Waals surface area (Å²) in [4.78, 5) is 0. The van der Waals surface area contributed by atoms with Crippen LogP contribution in [-0.2, 0) is 6.42 Å². The molecule has 0 spiro atoms. The van der Waals surface area contributed by atoms with Gasteiger partial charge in [0.1, 0.15) is 5.75 Å². The van der Waals surface area contributed by atoms with Crippen LogP contribution in [0, 0.1) is 0 Å². The molecule has 0 fully saturated rings. The number of hydrogen-bond donors (Lipinski definition) is 1. The minimum absolute atomic E-state index is 0.230. The molecule has 1 aromatic carbocycles. The van der Waals surface area contributed by atoms with Gasteiger partial charge in [0.15, 0.2) is 0 Å². The molecule has 0 aliphatic rings. The molecular weight excluding hydrogens is 234 g/mol. The molecule has 3 heteroatoms. The first-order chi connectivity index (χ1) is 7.74. The predicted molar refractivity (Wildman–Crippen MR) is 74.1 cm³/mol. The van der Waals surface area contributed by atoms with Gasteiger partial charge in [0.2, 0.25) is 0 Å². The smallest absolute Gasteiger partial charge is 0.140 e. The molecule has 0 saturated heterocycles. The molecule has 1 aromatic rings. The largest absolute Gasteiger partial charge is 0.495 e. The van der Waals surface area contributed by atoms with Crippen molar-refractivity contribution in [1.29, 1.82) is 0 Å². The first-order valence-electron chi connectivity index (χ1n) is 5.90. The first-order valence-corrected chi connectivity index (χ1v) is 6.27. The number of hydrogen-bond acceptors (Lipinski definition) is 2. The zero-order valence-electron chi connectivity index (χ0n) is 11.3. The van der Waals surface area contributed by atoms with Gasteiger partial charge in [0.05, 0.1) is 12.1 Å². The minimum Gasteiger partial charge on any atom is -0.495 e. The van der Waals surface area contributed by atoms with Crippen molar-refractivity contribution in [2.45, 2.75) is 45.6 Å². The first kappa shape index (κ1) is 14.3. The van der Waals surface area contributed by atoms with Gasteiger partial charge in [0.25, 0.3) is 0 Å². The fourth-order valence-electron chi connectivity index (χ4n) is 1.95. The molecule has 0 unspecified atom stereocenters. The summed E-state index contributed by atoms with van der Waals surface area (Å²) in [5.74, 6) is 1.16. The van der Waals surface area contributed by atoms with E-state index in [9.17, 15) is 0 Å². The highest BCUT2D eigenvalue weighted by Crippen LogP contribution is 2.35. The second-order valence-corrected chi connectivity index (χ2v) is 5.93. The maximum Gasteiger partial charge on any atom is 0.140 e. The van der Waals surface area contributed by atoms with Crippen molar-refractivity contribution >= 4 is 11.6 Å². The van der Waals surface area contributed by atoms with Crippen molar-refractivity contribution in [2.75, 3.05) is 7.11 Å². The summed E-state index contributed by atoms with van der Waals surface area (Å²) in [5, 5.41) is 0.665. The third kappa shape index (κ3) is 3.90. The molecule has 96 valence electrons. The Morgan fingerprint density at radius 2 is 1.94 bits per heavy atom. The van der Waals surface area contributed by atoms with Gasteiger partial charge in [0, 0.05) is 5.54 Å². The van der Waals surface area contributed by atoms with Crippen LogP contribution in [0.2, 0.25) is 5.02 Å². The van der Waals surface area contributed by atoms with Crippen molar-refractivity contribution in [3.05, 3.63) is 28.3 Å². The van der Waals surface area contributed by atoms with Gasteiger partial charge in [-0.2, -0.15) is 0 Å². The van der Waals surface area contributed by atoms with E-state index in [4.69, 9.17) is 22.1 Å². The maximum atomic E-state index is 6.24. The van der Waals surface area contributed by atoms with Crippen molar-refractivity contribution < 1.29 is 4.74 Å². The zero-order valence-corrected chi connectivity index (χ0v) is 12.1. The van der Waals surface area contributed by atoms with Crippen molar-refractivity contribution in [1.82, 2.24) is 0 Å². The lowest BCUT2D eigenvalue weighted by Gasteiger charge is -2.21. The lowest BCUT2D eigenvalue weighted by molar-refractivity contribution is 0.407. The van der Waals surface area contributed by atoms with Crippen molar-refractivity contribution in [3.63, 3.8) is 0 Å². The number of methoxy groups -OCH3 is 1. The molecule has 2 nitrogen and oxygen atoms in total. The monoisotopic (exact) mass is 255 g/mol. The van der Waals surface area contributed by atoms with Crippen LogP contribution in [0.4, 0.5) is 0 Å². The van der Waals surface area contributed by atoms with Crippen LogP contribution in [0.25, 0.3) is 0 Å². The summed E-state index contributed by atoms with van der Waals surface area (Å²) in [6.07, 6.45) is 0.802. The lowest BCUT2D eigenvalue weighted by Crippen LogP contribution is -2.34. The molecule has 2 N–H and O–H groups in total. The van der Waals surface area contributed by atoms with Gasteiger partial charge >= 0.3 is 0 Å². The Kier molecular flexibility index (Phi) is 4.45. The molecule has 17 heavy (non-hydrogen) atoms. The van der Waals surface area contributed by atoms with Crippen LogP contribution in [0.15, 0.2) is 12.1 Å². The summed E-state index contributed by atoms with van der Waals surface area (Å²) >= 11 is 6.24. The van der Waals surface area contributed by atoms with Crippen molar-refractivity contribution in [2.24, 2.45) is 5.73 Å². The normalized spacial score (nSPS) is 12.0. The van der Waals surface area contributed by atoms with Gasteiger partial charge in [-0.25, -0.2) is 0 Å². The highest BCUT2D eigenvalue weighted by atomic mass is 35.5. The van der Waals surface area contributed by atoms with Crippen molar-refractivity contribution in [3.8, 4) is 5.75 Å². The number of ether oxygens (including phenoxy) is 1. The Hall–Kier alpha value is -0.730. The van der Waals surface area contributed by atoms with Gasteiger partial charge in [-0.05, 0) is 43.4 Å². The lowest BCUT2D eigenvalue weighted by atomic mass is 9.92. The summed E-state index contributed by atoms with van der Waals surface area (Å²) < 4.78 is 5.36. The number of benzene rings is 1. The quantitative estimate of drug-likeness (QED) is 0.889. The van der Waals surface area contributed by atoms with E-state index in [0.29, 0.717) is 10.9 Å². The van der Waals surface area contributed by atoms with Crippen LogP contribution in [-0.4, -0.2) is 12.6 Å².